The standard InChI is InChI=1S/C23H22FN3O2/c1-3-10-26(14-18-7-5-17(13-25)6-8-18)23(29)19-12-22(28)27(15-19)21-9-4-16(2)11-20(21)24/h3-9,11,19H,1,10,12,14-15H2,2H3. The molecule has 0 aromatic heterocycles. The summed E-state index contributed by atoms with van der Waals surface area (Å²) in [5.74, 6) is -1.44. The number of aryl methyl sites for hydroxylation is 1. The van der Waals surface area contributed by atoms with Gasteiger partial charge in [-0.15, -0.1) is 6.58 Å². The Balaban J connectivity index is 1.75. The smallest absolute Gasteiger partial charge is 0.228 e. The zero-order valence-electron chi connectivity index (χ0n) is 16.3. The fourth-order valence-electron chi connectivity index (χ4n) is 3.49. The Hall–Kier alpha value is -3.46. The summed E-state index contributed by atoms with van der Waals surface area (Å²) >= 11 is 0. The Morgan fingerprint density at radius 2 is 2.07 bits per heavy atom. The van der Waals surface area contributed by atoms with Gasteiger partial charge in [0, 0.05) is 26.1 Å². The van der Waals surface area contributed by atoms with Gasteiger partial charge in [0.2, 0.25) is 11.8 Å². The van der Waals surface area contributed by atoms with Gasteiger partial charge in [0.1, 0.15) is 5.82 Å². The Kier molecular flexibility index (Phi) is 6.08. The van der Waals surface area contributed by atoms with E-state index < -0.39 is 11.7 Å². The van der Waals surface area contributed by atoms with Crippen LogP contribution in [0.2, 0.25) is 0 Å². The number of nitriles is 1. The summed E-state index contributed by atoms with van der Waals surface area (Å²) in [5, 5.41) is 8.91. The van der Waals surface area contributed by atoms with Crippen LogP contribution in [0.4, 0.5) is 10.1 Å². The lowest BCUT2D eigenvalue weighted by Crippen LogP contribution is -2.37. The van der Waals surface area contributed by atoms with Crippen LogP contribution in [0, 0.1) is 30.0 Å². The molecule has 148 valence electrons. The molecule has 1 saturated heterocycles. The second-order valence-corrected chi connectivity index (χ2v) is 7.18. The zero-order chi connectivity index (χ0) is 21.0. The van der Waals surface area contributed by atoms with Gasteiger partial charge in [0.15, 0.2) is 0 Å². The van der Waals surface area contributed by atoms with Crippen molar-refractivity contribution in [2.75, 3.05) is 18.0 Å². The van der Waals surface area contributed by atoms with Crippen LogP contribution < -0.4 is 4.90 Å². The second-order valence-electron chi connectivity index (χ2n) is 7.18. The summed E-state index contributed by atoms with van der Waals surface area (Å²) in [4.78, 5) is 28.5. The lowest BCUT2D eigenvalue weighted by Gasteiger charge is -2.25. The third kappa shape index (κ3) is 4.52. The third-order valence-corrected chi connectivity index (χ3v) is 4.99. The van der Waals surface area contributed by atoms with Gasteiger partial charge in [-0.3, -0.25) is 9.59 Å². The Morgan fingerprint density at radius 1 is 1.34 bits per heavy atom. The number of amides is 2. The summed E-state index contributed by atoms with van der Waals surface area (Å²) in [6.07, 6.45) is 1.68. The molecular formula is C23H22FN3O2. The van der Waals surface area contributed by atoms with Crippen LogP contribution in [-0.4, -0.2) is 29.8 Å². The summed E-state index contributed by atoms with van der Waals surface area (Å²) in [6, 6.07) is 13.8. The van der Waals surface area contributed by atoms with Gasteiger partial charge in [-0.25, -0.2) is 4.39 Å². The number of hydrogen-bond acceptors (Lipinski definition) is 3. The normalized spacial score (nSPS) is 15.8. The van der Waals surface area contributed by atoms with Gasteiger partial charge < -0.3 is 9.80 Å². The fraction of sp³-hybridized carbons (Fsp3) is 0.261. The number of halogens is 1. The first-order valence-electron chi connectivity index (χ1n) is 9.38. The van der Waals surface area contributed by atoms with Gasteiger partial charge in [0.05, 0.1) is 23.2 Å². The summed E-state index contributed by atoms with van der Waals surface area (Å²) in [5.41, 5.74) is 2.40. The van der Waals surface area contributed by atoms with E-state index in [2.05, 4.69) is 12.6 Å². The van der Waals surface area contributed by atoms with Crippen LogP contribution >= 0.6 is 0 Å². The number of carbonyl (C=O) groups is 2. The predicted molar refractivity (Wildman–Crippen MR) is 108 cm³/mol. The minimum atomic E-state index is -0.540. The van der Waals surface area contributed by atoms with E-state index in [0.717, 1.165) is 11.1 Å². The number of nitrogens with zero attached hydrogens (tertiary/aromatic N) is 3. The van der Waals surface area contributed by atoms with Crippen molar-refractivity contribution in [1.82, 2.24) is 4.90 Å². The fourth-order valence-corrected chi connectivity index (χ4v) is 3.49. The molecule has 1 fully saturated rings. The van der Waals surface area contributed by atoms with E-state index in [1.807, 2.05) is 0 Å². The highest BCUT2D eigenvalue weighted by Gasteiger charge is 2.37. The Morgan fingerprint density at radius 3 is 2.69 bits per heavy atom. The number of benzene rings is 2. The molecule has 29 heavy (non-hydrogen) atoms. The first kappa shape index (κ1) is 20.3. The minimum absolute atomic E-state index is 0.0488. The molecule has 1 aliphatic heterocycles. The maximum atomic E-state index is 14.3. The molecule has 0 spiro atoms. The molecule has 2 amide bonds. The van der Waals surface area contributed by atoms with Crippen molar-refractivity contribution in [2.24, 2.45) is 5.92 Å². The third-order valence-electron chi connectivity index (χ3n) is 4.99. The number of hydrogen-bond donors (Lipinski definition) is 0. The van der Waals surface area contributed by atoms with Gasteiger partial charge in [-0.1, -0.05) is 24.3 Å². The van der Waals surface area contributed by atoms with E-state index in [0.29, 0.717) is 18.7 Å². The van der Waals surface area contributed by atoms with Crippen LogP contribution in [0.15, 0.2) is 55.1 Å². The molecule has 0 aliphatic carbocycles. The lowest BCUT2D eigenvalue weighted by molar-refractivity contribution is -0.135. The van der Waals surface area contributed by atoms with Crippen molar-refractivity contribution < 1.29 is 14.0 Å². The molecular weight excluding hydrogens is 369 g/mol. The molecule has 2 aromatic rings. The van der Waals surface area contributed by atoms with Crippen LogP contribution in [0.1, 0.15) is 23.1 Å². The molecule has 3 rings (SSSR count). The minimum Gasteiger partial charge on any atom is -0.334 e. The first-order chi connectivity index (χ1) is 13.9. The molecule has 1 aliphatic rings. The van der Waals surface area contributed by atoms with Crippen molar-refractivity contribution >= 4 is 17.5 Å². The highest BCUT2D eigenvalue weighted by Crippen LogP contribution is 2.29. The van der Waals surface area contributed by atoms with Crippen LogP contribution in [0.3, 0.4) is 0 Å². The first-order valence-corrected chi connectivity index (χ1v) is 9.38. The van der Waals surface area contributed by atoms with Gasteiger partial charge in [0.25, 0.3) is 0 Å². The number of carbonyl (C=O) groups excluding carboxylic acids is 2. The number of anilines is 1. The van der Waals surface area contributed by atoms with Crippen molar-refractivity contribution in [3.8, 4) is 6.07 Å². The van der Waals surface area contributed by atoms with Crippen molar-refractivity contribution in [1.29, 1.82) is 5.26 Å². The molecule has 1 unspecified atom stereocenters. The molecule has 0 N–H and O–H groups in total. The second kappa shape index (κ2) is 8.70. The molecule has 0 radical (unpaired) electrons. The van der Waals surface area contributed by atoms with E-state index in [9.17, 15) is 14.0 Å². The van der Waals surface area contributed by atoms with Crippen LogP contribution in [-0.2, 0) is 16.1 Å². The largest absolute Gasteiger partial charge is 0.334 e. The summed E-state index contributed by atoms with van der Waals surface area (Å²) < 4.78 is 14.3. The van der Waals surface area contributed by atoms with E-state index in [4.69, 9.17) is 5.26 Å². The van der Waals surface area contributed by atoms with Gasteiger partial charge in [-0.2, -0.15) is 5.26 Å². The van der Waals surface area contributed by atoms with Crippen molar-refractivity contribution in [3.63, 3.8) is 0 Å². The molecule has 6 heteroatoms. The van der Waals surface area contributed by atoms with Gasteiger partial charge >= 0.3 is 0 Å². The maximum absolute atomic E-state index is 14.3. The average Bonchev–Trinajstić information content (AvgIpc) is 3.09. The van der Waals surface area contributed by atoms with Gasteiger partial charge in [-0.05, 0) is 42.3 Å². The van der Waals surface area contributed by atoms with E-state index in [1.54, 1.807) is 54.3 Å². The summed E-state index contributed by atoms with van der Waals surface area (Å²) in [7, 11) is 0. The summed E-state index contributed by atoms with van der Waals surface area (Å²) in [6.45, 7) is 6.33. The Bertz CT molecular complexity index is 979. The predicted octanol–water partition coefficient (Wildman–Crippen LogP) is 3.57. The molecule has 0 bridgehead atoms. The molecule has 1 atom stereocenters. The van der Waals surface area contributed by atoms with Crippen LogP contribution in [0.25, 0.3) is 0 Å². The van der Waals surface area contributed by atoms with E-state index in [-0.39, 0.29) is 30.5 Å². The van der Waals surface area contributed by atoms with Crippen molar-refractivity contribution in [3.05, 3.63) is 77.6 Å². The molecule has 0 saturated carbocycles. The highest BCUT2D eigenvalue weighted by molar-refractivity contribution is 6.00. The maximum Gasteiger partial charge on any atom is 0.228 e. The van der Waals surface area contributed by atoms with E-state index >= 15 is 0 Å². The highest BCUT2D eigenvalue weighted by atomic mass is 19.1. The number of rotatable bonds is 6. The molecule has 1 heterocycles. The molecule has 5 nitrogen and oxygen atoms in total. The quantitative estimate of drug-likeness (QED) is 0.707. The lowest BCUT2D eigenvalue weighted by atomic mass is 10.1. The SMILES string of the molecule is C=CCN(Cc1ccc(C#N)cc1)C(=O)C1CC(=O)N(c2ccc(C)cc2F)C1. The zero-order valence-corrected chi connectivity index (χ0v) is 16.3. The topological polar surface area (TPSA) is 64.4 Å². The average molecular weight is 391 g/mol. The Labute approximate surface area is 169 Å². The van der Waals surface area contributed by atoms with E-state index in [1.165, 1.54) is 11.0 Å². The monoisotopic (exact) mass is 391 g/mol. The van der Waals surface area contributed by atoms with Crippen molar-refractivity contribution in [2.45, 2.75) is 19.9 Å². The van der Waals surface area contributed by atoms with Crippen LogP contribution in [0.5, 0.6) is 0 Å². The molecule has 2 aromatic carbocycles.